The van der Waals surface area contributed by atoms with E-state index in [9.17, 15) is 9.59 Å². The van der Waals surface area contributed by atoms with Crippen LogP contribution in [0, 0.1) is 24.7 Å². The summed E-state index contributed by atoms with van der Waals surface area (Å²) in [5.74, 6) is 0.835. The molecular weight excluding hydrogens is 338 g/mol. The van der Waals surface area contributed by atoms with E-state index in [1.165, 1.54) is 31.2 Å². The largest absolute Gasteiger partial charge is 0.465 e. The van der Waals surface area contributed by atoms with Crippen LogP contribution >= 0.6 is 0 Å². The van der Waals surface area contributed by atoms with Gasteiger partial charge in [0.25, 0.3) is 0 Å². The maximum atomic E-state index is 12.9. The van der Waals surface area contributed by atoms with Crippen LogP contribution in [0.3, 0.4) is 0 Å². The van der Waals surface area contributed by atoms with Gasteiger partial charge in [-0.15, -0.1) is 0 Å². The lowest BCUT2D eigenvalue weighted by molar-refractivity contribution is -0.151. The Morgan fingerprint density at radius 3 is 2.33 bits per heavy atom. The number of benzene rings is 1. The summed E-state index contributed by atoms with van der Waals surface area (Å²) in [6, 6.07) is 8.20. The summed E-state index contributed by atoms with van der Waals surface area (Å²) in [7, 11) is 0. The van der Waals surface area contributed by atoms with E-state index in [2.05, 4.69) is 12.1 Å². The maximum Gasteiger partial charge on any atom is 0.309 e. The van der Waals surface area contributed by atoms with Crippen LogP contribution in [0.25, 0.3) is 0 Å². The van der Waals surface area contributed by atoms with Crippen LogP contribution in [0.2, 0.25) is 0 Å². The van der Waals surface area contributed by atoms with Crippen molar-refractivity contribution in [3.63, 3.8) is 0 Å². The van der Waals surface area contributed by atoms with Gasteiger partial charge in [0.05, 0.1) is 12.5 Å². The summed E-state index contributed by atoms with van der Waals surface area (Å²) in [4.78, 5) is 27.5. The first-order valence-electron chi connectivity index (χ1n) is 10.6. The SMILES string of the molecule is CCCOC(=O)C(CC(=O)N1C[C@H]2CCCC[C@H]2C1)Cc1ccc(C)cc1. The summed E-state index contributed by atoms with van der Waals surface area (Å²) >= 11 is 0. The molecule has 1 amide bonds. The molecule has 0 spiro atoms. The number of nitrogens with zero attached hydrogens (tertiary/aromatic N) is 1. The van der Waals surface area contributed by atoms with Gasteiger partial charge in [0, 0.05) is 19.5 Å². The van der Waals surface area contributed by atoms with Crippen molar-refractivity contribution < 1.29 is 14.3 Å². The van der Waals surface area contributed by atoms with Crippen molar-refractivity contribution in [2.45, 2.75) is 58.8 Å². The number of carbonyl (C=O) groups excluding carboxylic acids is 2. The zero-order chi connectivity index (χ0) is 19.2. The Bertz CT molecular complexity index is 626. The second kappa shape index (κ2) is 9.38. The zero-order valence-electron chi connectivity index (χ0n) is 16.8. The van der Waals surface area contributed by atoms with E-state index in [0.29, 0.717) is 24.9 Å². The van der Waals surface area contributed by atoms with Gasteiger partial charge in [-0.05, 0) is 50.0 Å². The van der Waals surface area contributed by atoms with Crippen LogP contribution in [-0.4, -0.2) is 36.5 Å². The average Bonchev–Trinajstić information content (AvgIpc) is 3.11. The van der Waals surface area contributed by atoms with Gasteiger partial charge < -0.3 is 9.64 Å². The molecule has 2 fully saturated rings. The van der Waals surface area contributed by atoms with Crippen molar-refractivity contribution in [3.05, 3.63) is 35.4 Å². The number of esters is 1. The molecule has 2 aliphatic rings. The fraction of sp³-hybridized carbons (Fsp3) is 0.652. The monoisotopic (exact) mass is 371 g/mol. The van der Waals surface area contributed by atoms with Gasteiger partial charge in [-0.2, -0.15) is 0 Å². The first-order valence-corrected chi connectivity index (χ1v) is 10.6. The number of hydrogen-bond acceptors (Lipinski definition) is 3. The van der Waals surface area contributed by atoms with Crippen molar-refractivity contribution in [3.8, 4) is 0 Å². The lowest BCUT2D eigenvalue weighted by Crippen LogP contribution is -2.33. The van der Waals surface area contributed by atoms with Crippen molar-refractivity contribution in [2.75, 3.05) is 19.7 Å². The number of likely N-dealkylation sites (tertiary alicyclic amines) is 1. The lowest BCUT2D eigenvalue weighted by Gasteiger charge is -2.22. The molecule has 3 atom stereocenters. The Labute approximate surface area is 163 Å². The van der Waals surface area contributed by atoms with E-state index < -0.39 is 5.92 Å². The molecular formula is C23H33NO3. The Hall–Kier alpha value is -1.84. The molecule has 1 aromatic carbocycles. The molecule has 1 unspecified atom stereocenters. The quantitative estimate of drug-likeness (QED) is 0.677. The van der Waals surface area contributed by atoms with E-state index in [0.717, 1.165) is 25.1 Å². The summed E-state index contributed by atoms with van der Waals surface area (Å²) in [5.41, 5.74) is 2.28. The van der Waals surface area contributed by atoms with Crippen LogP contribution in [-0.2, 0) is 20.7 Å². The summed E-state index contributed by atoms with van der Waals surface area (Å²) in [6.45, 7) is 6.22. The van der Waals surface area contributed by atoms with Crippen molar-refractivity contribution in [1.29, 1.82) is 0 Å². The lowest BCUT2D eigenvalue weighted by atomic mass is 9.82. The molecule has 0 N–H and O–H groups in total. The molecule has 0 bridgehead atoms. The number of ether oxygens (including phenoxy) is 1. The highest BCUT2D eigenvalue weighted by molar-refractivity contribution is 5.83. The van der Waals surface area contributed by atoms with E-state index in [1.807, 2.05) is 30.9 Å². The fourth-order valence-electron chi connectivity index (χ4n) is 4.52. The Morgan fingerprint density at radius 2 is 1.74 bits per heavy atom. The third-order valence-corrected chi connectivity index (χ3v) is 6.13. The molecule has 1 saturated carbocycles. The standard InChI is InChI=1S/C23H33NO3/c1-3-12-27-23(26)21(13-18-10-8-17(2)9-11-18)14-22(25)24-15-19-6-4-5-7-20(19)16-24/h8-11,19-21H,3-7,12-16H2,1-2H3/t19-,20+,21?. The van der Waals surface area contributed by atoms with Crippen molar-refractivity contribution in [1.82, 2.24) is 4.90 Å². The molecule has 4 nitrogen and oxygen atoms in total. The average molecular weight is 372 g/mol. The Balaban J connectivity index is 1.63. The van der Waals surface area contributed by atoms with Crippen molar-refractivity contribution >= 4 is 11.9 Å². The highest BCUT2D eigenvalue weighted by Gasteiger charge is 2.37. The highest BCUT2D eigenvalue weighted by atomic mass is 16.5. The maximum absolute atomic E-state index is 12.9. The minimum atomic E-state index is -0.394. The van der Waals surface area contributed by atoms with Crippen LogP contribution in [0.15, 0.2) is 24.3 Å². The van der Waals surface area contributed by atoms with Crippen LogP contribution < -0.4 is 0 Å². The molecule has 3 rings (SSSR count). The van der Waals surface area contributed by atoms with Gasteiger partial charge in [-0.25, -0.2) is 0 Å². The number of aryl methyl sites for hydroxylation is 1. The predicted molar refractivity (Wildman–Crippen MR) is 106 cm³/mol. The molecule has 1 aromatic rings. The van der Waals surface area contributed by atoms with E-state index in [1.54, 1.807) is 0 Å². The molecule has 4 heteroatoms. The number of fused-ring (bicyclic) bond motifs is 1. The van der Waals surface area contributed by atoms with Gasteiger partial charge in [-0.1, -0.05) is 49.6 Å². The number of carbonyl (C=O) groups is 2. The Morgan fingerprint density at radius 1 is 1.11 bits per heavy atom. The minimum absolute atomic E-state index is 0.120. The van der Waals surface area contributed by atoms with Gasteiger partial charge in [-0.3, -0.25) is 9.59 Å². The Kier molecular flexibility index (Phi) is 6.92. The van der Waals surface area contributed by atoms with Gasteiger partial charge in [0.15, 0.2) is 0 Å². The molecule has 0 aromatic heterocycles. The van der Waals surface area contributed by atoms with Crippen LogP contribution in [0.5, 0.6) is 0 Å². The normalized spacial score (nSPS) is 23.0. The fourth-order valence-corrected chi connectivity index (χ4v) is 4.52. The van der Waals surface area contributed by atoms with Gasteiger partial charge in [0.2, 0.25) is 5.91 Å². The molecule has 148 valence electrons. The number of rotatable bonds is 7. The highest BCUT2D eigenvalue weighted by Crippen LogP contribution is 2.36. The third kappa shape index (κ3) is 5.33. The van der Waals surface area contributed by atoms with E-state index in [-0.39, 0.29) is 18.3 Å². The molecule has 27 heavy (non-hydrogen) atoms. The second-order valence-electron chi connectivity index (χ2n) is 8.36. The van der Waals surface area contributed by atoms with Crippen LogP contribution in [0.4, 0.5) is 0 Å². The predicted octanol–water partition coefficient (Wildman–Crippen LogP) is 4.15. The summed E-state index contributed by atoms with van der Waals surface area (Å²) in [6.07, 6.45) is 6.71. The second-order valence-corrected chi connectivity index (χ2v) is 8.36. The zero-order valence-corrected chi connectivity index (χ0v) is 16.8. The van der Waals surface area contributed by atoms with E-state index in [4.69, 9.17) is 4.74 Å². The van der Waals surface area contributed by atoms with Gasteiger partial charge in [0.1, 0.15) is 0 Å². The molecule has 1 heterocycles. The molecule has 1 aliphatic heterocycles. The smallest absolute Gasteiger partial charge is 0.309 e. The number of hydrogen-bond donors (Lipinski definition) is 0. The molecule has 1 saturated heterocycles. The minimum Gasteiger partial charge on any atom is -0.465 e. The third-order valence-electron chi connectivity index (χ3n) is 6.13. The summed E-state index contributed by atoms with van der Waals surface area (Å²) in [5, 5.41) is 0. The van der Waals surface area contributed by atoms with Gasteiger partial charge >= 0.3 is 5.97 Å². The first kappa shape index (κ1) is 19.9. The van der Waals surface area contributed by atoms with Crippen molar-refractivity contribution in [2.24, 2.45) is 17.8 Å². The topological polar surface area (TPSA) is 46.6 Å². The van der Waals surface area contributed by atoms with Crippen LogP contribution in [0.1, 0.15) is 56.6 Å². The molecule has 1 aliphatic carbocycles. The first-order chi connectivity index (χ1) is 13.1. The van der Waals surface area contributed by atoms with E-state index >= 15 is 0 Å². The summed E-state index contributed by atoms with van der Waals surface area (Å²) < 4.78 is 5.40. The number of amides is 1. The molecule has 0 radical (unpaired) electrons.